The highest BCUT2D eigenvalue weighted by Crippen LogP contribution is 2.22. The Kier molecular flexibility index (Phi) is 3.79. The van der Waals surface area contributed by atoms with Crippen molar-refractivity contribution in [1.29, 1.82) is 5.26 Å². The molecule has 0 radical (unpaired) electrons. The molecule has 0 bridgehead atoms. The van der Waals surface area contributed by atoms with Gasteiger partial charge in [-0.05, 0) is 18.9 Å². The predicted octanol–water partition coefficient (Wildman–Crippen LogP) is 0.884. The van der Waals surface area contributed by atoms with E-state index in [0.717, 1.165) is 11.1 Å². The van der Waals surface area contributed by atoms with Crippen molar-refractivity contribution in [1.82, 2.24) is 4.68 Å². The molecule has 5 heteroatoms. The third-order valence-electron chi connectivity index (χ3n) is 2.72. The van der Waals surface area contributed by atoms with Crippen molar-refractivity contribution in [3.63, 3.8) is 0 Å². The van der Waals surface area contributed by atoms with Gasteiger partial charge in [-0.25, -0.2) is 0 Å². The fourth-order valence-electron chi connectivity index (χ4n) is 1.86. The molecule has 0 aliphatic rings. The number of pyridine rings is 1. The van der Waals surface area contributed by atoms with Gasteiger partial charge in [-0.15, -0.1) is 0 Å². The van der Waals surface area contributed by atoms with Gasteiger partial charge in [-0.2, -0.15) is 9.94 Å². The minimum atomic E-state index is -0.479. The SMILES string of the molecule is CCCc1c(C)c(C#N)c(=O)n(N(C)C)c1O. The normalized spacial score (nSPS) is 10.1. The highest BCUT2D eigenvalue weighted by atomic mass is 16.3. The van der Waals surface area contributed by atoms with Gasteiger partial charge < -0.3 is 10.1 Å². The molecule has 0 atom stereocenters. The molecule has 0 aliphatic carbocycles. The van der Waals surface area contributed by atoms with Gasteiger partial charge >= 0.3 is 0 Å². The molecule has 17 heavy (non-hydrogen) atoms. The minimum Gasteiger partial charge on any atom is -0.493 e. The lowest BCUT2D eigenvalue weighted by molar-refractivity contribution is 0.401. The highest BCUT2D eigenvalue weighted by molar-refractivity contribution is 5.45. The lowest BCUT2D eigenvalue weighted by Crippen LogP contribution is -2.38. The van der Waals surface area contributed by atoms with Crippen LogP contribution in [0.15, 0.2) is 4.79 Å². The zero-order valence-corrected chi connectivity index (χ0v) is 10.6. The van der Waals surface area contributed by atoms with Crippen molar-refractivity contribution >= 4 is 0 Å². The van der Waals surface area contributed by atoms with E-state index >= 15 is 0 Å². The first kappa shape index (κ1) is 13.1. The summed E-state index contributed by atoms with van der Waals surface area (Å²) in [5.41, 5.74) is 0.861. The van der Waals surface area contributed by atoms with E-state index in [4.69, 9.17) is 5.26 Å². The summed E-state index contributed by atoms with van der Waals surface area (Å²) in [6, 6.07) is 1.91. The molecule has 0 spiro atoms. The zero-order valence-electron chi connectivity index (χ0n) is 10.6. The van der Waals surface area contributed by atoms with Gasteiger partial charge in [0, 0.05) is 19.7 Å². The summed E-state index contributed by atoms with van der Waals surface area (Å²) >= 11 is 0. The van der Waals surface area contributed by atoms with Gasteiger partial charge in [0.1, 0.15) is 11.6 Å². The van der Waals surface area contributed by atoms with E-state index in [0.29, 0.717) is 17.5 Å². The van der Waals surface area contributed by atoms with E-state index in [2.05, 4.69) is 0 Å². The Morgan fingerprint density at radius 3 is 2.47 bits per heavy atom. The Hall–Kier alpha value is -1.96. The van der Waals surface area contributed by atoms with Crippen LogP contribution in [0.1, 0.15) is 30.0 Å². The molecule has 1 aromatic heterocycles. The largest absolute Gasteiger partial charge is 0.493 e. The molecular formula is C12H17N3O2. The number of hydrogen-bond donors (Lipinski definition) is 1. The molecule has 0 saturated heterocycles. The fraction of sp³-hybridized carbons (Fsp3) is 0.500. The molecular weight excluding hydrogens is 218 g/mol. The first-order chi connectivity index (χ1) is 7.95. The third-order valence-corrected chi connectivity index (χ3v) is 2.72. The maximum absolute atomic E-state index is 12.0. The lowest BCUT2D eigenvalue weighted by Gasteiger charge is -2.21. The number of hydrogen-bond acceptors (Lipinski definition) is 4. The third kappa shape index (κ3) is 2.11. The number of nitrogens with zero attached hydrogens (tertiary/aromatic N) is 3. The van der Waals surface area contributed by atoms with Gasteiger partial charge in [0.15, 0.2) is 0 Å². The van der Waals surface area contributed by atoms with Gasteiger partial charge in [0.05, 0.1) is 0 Å². The van der Waals surface area contributed by atoms with Crippen LogP contribution in [0.3, 0.4) is 0 Å². The number of nitriles is 1. The molecule has 1 N–H and O–H groups in total. The summed E-state index contributed by atoms with van der Waals surface area (Å²) < 4.78 is 1.12. The Bertz CT molecular complexity index is 524. The molecule has 0 aliphatic heterocycles. The maximum Gasteiger partial charge on any atom is 0.290 e. The second-order valence-corrected chi connectivity index (χ2v) is 4.13. The summed E-state index contributed by atoms with van der Waals surface area (Å²) in [5.74, 6) is -0.0710. The molecule has 1 aromatic rings. The molecule has 0 fully saturated rings. The second-order valence-electron chi connectivity index (χ2n) is 4.13. The minimum absolute atomic E-state index is 0.0710. The van der Waals surface area contributed by atoms with E-state index in [1.54, 1.807) is 21.0 Å². The Morgan fingerprint density at radius 2 is 2.06 bits per heavy atom. The van der Waals surface area contributed by atoms with E-state index < -0.39 is 5.56 Å². The Balaban J connectivity index is 3.71. The van der Waals surface area contributed by atoms with Gasteiger partial charge in [0.25, 0.3) is 5.56 Å². The van der Waals surface area contributed by atoms with Crippen molar-refractivity contribution in [2.24, 2.45) is 0 Å². The smallest absolute Gasteiger partial charge is 0.290 e. The lowest BCUT2D eigenvalue weighted by atomic mass is 10.0. The van der Waals surface area contributed by atoms with E-state index in [1.807, 2.05) is 13.0 Å². The van der Waals surface area contributed by atoms with Crippen molar-refractivity contribution < 1.29 is 5.11 Å². The van der Waals surface area contributed by atoms with Crippen LogP contribution < -0.4 is 10.6 Å². The van der Waals surface area contributed by atoms with Gasteiger partial charge in [-0.1, -0.05) is 13.3 Å². The number of rotatable bonds is 3. The van der Waals surface area contributed by atoms with Gasteiger partial charge in [0.2, 0.25) is 5.88 Å². The van der Waals surface area contributed by atoms with Crippen LogP contribution in [0.25, 0.3) is 0 Å². The summed E-state index contributed by atoms with van der Waals surface area (Å²) in [7, 11) is 3.29. The van der Waals surface area contributed by atoms with Crippen LogP contribution in [0, 0.1) is 18.3 Å². The van der Waals surface area contributed by atoms with Gasteiger partial charge in [-0.3, -0.25) is 4.79 Å². The second kappa shape index (κ2) is 4.91. The van der Waals surface area contributed by atoms with Crippen LogP contribution in [-0.4, -0.2) is 23.9 Å². The average molecular weight is 235 g/mol. The molecule has 1 heterocycles. The Morgan fingerprint density at radius 1 is 1.47 bits per heavy atom. The molecule has 0 unspecified atom stereocenters. The van der Waals surface area contributed by atoms with Crippen molar-refractivity contribution in [3.05, 3.63) is 27.0 Å². The zero-order chi connectivity index (χ0) is 13.2. The molecule has 92 valence electrons. The number of aromatic hydroxyl groups is 1. The van der Waals surface area contributed by atoms with Crippen LogP contribution >= 0.6 is 0 Å². The van der Waals surface area contributed by atoms with Crippen molar-refractivity contribution in [2.45, 2.75) is 26.7 Å². The van der Waals surface area contributed by atoms with Crippen LogP contribution in [0.4, 0.5) is 0 Å². The summed E-state index contributed by atoms with van der Waals surface area (Å²) in [4.78, 5) is 12.0. The van der Waals surface area contributed by atoms with Crippen molar-refractivity contribution in [2.75, 3.05) is 19.1 Å². The first-order valence-corrected chi connectivity index (χ1v) is 5.50. The number of aromatic nitrogens is 1. The maximum atomic E-state index is 12.0. The summed E-state index contributed by atoms with van der Waals surface area (Å²) in [6.45, 7) is 3.68. The molecule has 0 aromatic carbocycles. The van der Waals surface area contributed by atoms with E-state index in [9.17, 15) is 9.90 Å². The van der Waals surface area contributed by atoms with E-state index in [-0.39, 0.29) is 11.4 Å². The predicted molar refractivity (Wildman–Crippen MR) is 65.9 cm³/mol. The standard InChI is InChI=1S/C12H17N3O2/c1-5-6-9-8(2)10(7-13)12(17)15(11(9)16)14(3)4/h16H,5-6H2,1-4H3. The average Bonchev–Trinajstić information content (AvgIpc) is 2.24. The molecule has 0 saturated carbocycles. The monoisotopic (exact) mass is 235 g/mol. The molecule has 5 nitrogen and oxygen atoms in total. The summed E-state index contributed by atoms with van der Waals surface area (Å²) in [6.07, 6.45) is 1.48. The quantitative estimate of drug-likeness (QED) is 0.844. The molecule has 1 rings (SSSR count). The Labute approximate surface area is 100 Å². The highest BCUT2D eigenvalue weighted by Gasteiger charge is 2.19. The first-order valence-electron chi connectivity index (χ1n) is 5.50. The topological polar surface area (TPSA) is 69.3 Å². The van der Waals surface area contributed by atoms with E-state index in [1.165, 1.54) is 5.01 Å². The van der Waals surface area contributed by atoms with Crippen LogP contribution in [0.2, 0.25) is 0 Å². The molecule has 0 amide bonds. The van der Waals surface area contributed by atoms with Crippen LogP contribution in [-0.2, 0) is 6.42 Å². The summed E-state index contributed by atoms with van der Waals surface area (Å²) in [5, 5.41) is 20.6. The fourth-order valence-corrected chi connectivity index (χ4v) is 1.86. The van der Waals surface area contributed by atoms with Crippen molar-refractivity contribution in [3.8, 4) is 11.9 Å². The van der Waals surface area contributed by atoms with Crippen LogP contribution in [0.5, 0.6) is 5.88 Å².